The third-order valence-electron chi connectivity index (χ3n) is 10.1. The normalized spacial score (nSPS) is 13.6. The molecule has 0 aromatic rings. The minimum Gasteiger partial charge on any atom is -0.462 e. The van der Waals surface area contributed by atoms with Gasteiger partial charge < -0.3 is 33.8 Å². The summed E-state index contributed by atoms with van der Waals surface area (Å²) in [7, 11) is -5.08. The van der Waals surface area contributed by atoms with E-state index in [9.17, 15) is 33.8 Å². The molecule has 0 aliphatic rings. The van der Waals surface area contributed by atoms with Gasteiger partial charge in [0.25, 0.3) is 0 Å². The molecule has 0 radical (unpaired) electrons. The Kier molecular flexibility index (Phi) is 34.5. The smallest absolute Gasteiger partial charge is 0.368 e. The lowest BCUT2D eigenvalue weighted by atomic mass is 9.89. The van der Waals surface area contributed by atoms with Gasteiger partial charge in [0, 0.05) is 19.3 Å². The highest BCUT2D eigenvalue weighted by atomic mass is 31.2. The zero-order chi connectivity index (χ0) is 41.9. The van der Waals surface area contributed by atoms with Crippen LogP contribution in [-0.2, 0) is 37.9 Å². The molecule has 0 aliphatic carbocycles. The molecule has 0 saturated carbocycles. The second kappa shape index (κ2) is 35.4. The number of unbranched alkanes of at least 4 members (excludes halogenated alkanes) is 22. The highest BCUT2D eigenvalue weighted by Gasteiger charge is 2.41. The van der Waals surface area contributed by atoms with Gasteiger partial charge in [-0.2, -0.15) is 0 Å². The fourth-order valence-corrected chi connectivity index (χ4v) is 7.47. The van der Waals surface area contributed by atoms with Crippen molar-refractivity contribution in [3.05, 3.63) is 0 Å². The van der Waals surface area contributed by atoms with E-state index in [2.05, 4.69) is 34.6 Å². The number of hydrogen-bond donors (Lipinski definition) is 3. The second-order valence-electron chi connectivity index (χ2n) is 17.0. The van der Waals surface area contributed by atoms with Crippen LogP contribution in [0.25, 0.3) is 0 Å². The van der Waals surface area contributed by atoms with Gasteiger partial charge in [0.05, 0.1) is 13.2 Å². The highest BCUT2D eigenvalue weighted by molar-refractivity contribution is 7.52. The third kappa shape index (κ3) is 34.5. The third-order valence-corrected chi connectivity index (χ3v) is 11.2. The van der Waals surface area contributed by atoms with Crippen LogP contribution >= 0.6 is 7.60 Å². The van der Waals surface area contributed by atoms with Crippen LogP contribution in [0.1, 0.15) is 221 Å². The Labute approximate surface area is 341 Å². The number of carbonyl (C=O) groups excluding carboxylic acids is 3. The van der Waals surface area contributed by atoms with Crippen molar-refractivity contribution in [3.8, 4) is 0 Å². The Morgan fingerprint density at radius 2 is 0.911 bits per heavy atom. The highest BCUT2D eigenvalue weighted by Crippen LogP contribution is 2.44. The number of hydrogen-bond acceptors (Lipinski definition) is 9. The summed E-state index contributed by atoms with van der Waals surface area (Å²) in [6.45, 7) is 9.23. The molecule has 2 unspecified atom stereocenters. The zero-order valence-electron chi connectivity index (χ0n) is 36.4. The van der Waals surface area contributed by atoms with Gasteiger partial charge in [-0.3, -0.25) is 18.9 Å². The molecule has 0 aliphatic heterocycles. The monoisotopic (exact) mass is 821 g/mol. The van der Waals surface area contributed by atoms with Crippen LogP contribution in [0.2, 0.25) is 0 Å². The van der Waals surface area contributed by atoms with Gasteiger partial charge in [0.15, 0.2) is 6.10 Å². The Bertz CT molecular complexity index is 1010. The van der Waals surface area contributed by atoms with E-state index in [1.807, 2.05) is 0 Å². The van der Waals surface area contributed by atoms with Gasteiger partial charge >= 0.3 is 25.5 Å². The van der Waals surface area contributed by atoms with Gasteiger partial charge in [0.1, 0.15) is 12.7 Å². The number of carbonyl (C=O) groups is 3. The summed E-state index contributed by atoms with van der Waals surface area (Å²) in [5.74, 6) is -3.79. The van der Waals surface area contributed by atoms with Crippen molar-refractivity contribution < 1.29 is 52.8 Å². The van der Waals surface area contributed by atoms with Crippen molar-refractivity contribution in [2.24, 2.45) is 5.41 Å². The van der Waals surface area contributed by atoms with E-state index in [1.165, 1.54) is 89.9 Å². The molecule has 0 heterocycles. The fourth-order valence-electron chi connectivity index (χ4n) is 6.60. The molecule has 0 aromatic carbocycles. The molecule has 3 atom stereocenters. The minimum absolute atomic E-state index is 0.0346. The van der Waals surface area contributed by atoms with Crippen molar-refractivity contribution in [2.75, 3.05) is 19.8 Å². The summed E-state index contributed by atoms with van der Waals surface area (Å²) in [4.78, 5) is 58.1. The summed E-state index contributed by atoms with van der Waals surface area (Å²) < 4.78 is 34.3. The first kappa shape index (κ1) is 54.5. The van der Waals surface area contributed by atoms with Crippen LogP contribution in [-0.4, -0.2) is 70.7 Å². The molecule has 56 heavy (non-hydrogen) atoms. The van der Waals surface area contributed by atoms with Crippen molar-refractivity contribution in [1.82, 2.24) is 0 Å². The summed E-state index contributed by atoms with van der Waals surface area (Å²) >= 11 is 0. The van der Waals surface area contributed by atoms with Crippen LogP contribution < -0.4 is 0 Å². The Balaban J connectivity index is 5.05. The fraction of sp³-hybridized carbons (Fsp3) is 0.932. The van der Waals surface area contributed by atoms with Crippen LogP contribution in [0.5, 0.6) is 0 Å². The number of esters is 3. The molecule has 332 valence electrons. The second-order valence-corrected chi connectivity index (χ2v) is 18.7. The Morgan fingerprint density at radius 1 is 0.536 bits per heavy atom. The van der Waals surface area contributed by atoms with Crippen molar-refractivity contribution >= 4 is 25.5 Å². The lowest BCUT2D eigenvalue weighted by molar-refractivity contribution is -0.169. The minimum atomic E-state index is -5.08. The SMILES string of the molecule is CCCCCCCCCCCCCC(=O)OC[C@H](COC(CO)C(OC(=O)CCCCCC(C)(C)C)P(=O)(O)O)OC(=O)CCCCCCCCCCCCC. The molecular weight excluding hydrogens is 735 g/mol. The van der Waals surface area contributed by atoms with E-state index in [4.69, 9.17) is 18.9 Å². The molecular formula is C44H85O11P. The molecule has 3 N–H and O–H groups in total. The van der Waals surface area contributed by atoms with Gasteiger partial charge in [-0.25, -0.2) is 0 Å². The number of ether oxygens (including phenoxy) is 4. The predicted molar refractivity (Wildman–Crippen MR) is 224 cm³/mol. The van der Waals surface area contributed by atoms with Crippen LogP contribution in [0.4, 0.5) is 0 Å². The molecule has 0 rings (SSSR count). The molecule has 0 spiro atoms. The standard InChI is InChI=1S/C44H85O11P/c1-6-8-10-12-14-16-18-20-22-24-27-31-40(46)53-37-38(54-41(47)32-28-25-23-21-19-17-15-13-11-9-7-2)36-52-39(35-45)43(56(49,50)51)55-42(48)33-29-26-30-34-44(3,4)5/h38-39,43,45H,6-37H2,1-5H3,(H2,49,50,51)/t38-,39?,43?/m0/s1. The quantitative estimate of drug-likeness (QED) is 0.0234. The van der Waals surface area contributed by atoms with Crippen LogP contribution in [0.15, 0.2) is 0 Å². The van der Waals surface area contributed by atoms with Crippen LogP contribution in [0.3, 0.4) is 0 Å². The van der Waals surface area contributed by atoms with Crippen LogP contribution in [0, 0.1) is 5.41 Å². The van der Waals surface area contributed by atoms with E-state index in [1.54, 1.807) is 0 Å². The lowest BCUT2D eigenvalue weighted by Gasteiger charge is -2.28. The molecule has 0 aromatic heterocycles. The van der Waals surface area contributed by atoms with Gasteiger partial charge in [-0.15, -0.1) is 0 Å². The molecule has 0 saturated heterocycles. The van der Waals surface area contributed by atoms with Gasteiger partial charge in [-0.1, -0.05) is 176 Å². The Morgan fingerprint density at radius 3 is 1.30 bits per heavy atom. The maximum Gasteiger partial charge on any atom is 0.368 e. The summed E-state index contributed by atoms with van der Waals surface area (Å²) in [6, 6.07) is 0. The Hall–Kier alpha value is -1.52. The maximum atomic E-state index is 12.8. The van der Waals surface area contributed by atoms with Crippen molar-refractivity contribution in [1.29, 1.82) is 0 Å². The van der Waals surface area contributed by atoms with E-state index in [0.717, 1.165) is 57.8 Å². The molecule has 0 amide bonds. The molecule has 0 fully saturated rings. The average Bonchev–Trinajstić information content (AvgIpc) is 3.13. The average molecular weight is 821 g/mol. The number of rotatable bonds is 39. The summed E-state index contributed by atoms with van der Waals surface area (Å²) in [5, 5.41) is 10.1. The topological polar surface area (TPSA) is 166 Å². The van der Waals surface area contributed by atoms with Crippen molar-refractivity contribution in [3.63, 3.8) is 0 Å². The lowest BCUT2D eigenvalue weighted by Crippen LogP contribution is -2.39. The molecule has 0 bridgehead atoms. The number of aliphatic hydroxyl groups excluding tert-OH is 1. The van der Waals surface area contributed by atoms with E-state index < -0.39 is 56.8 Å². The zero-order valence-corrected chi connectivity index (χ0v) is 37.3. The van der Waals surface area contributed by atoms with Crippen molar-refractivity contribution in [2.45, 2.75) is 239 Å². The summed E-state index contributed by atoms with van der Waals surface area (Å²) in [5.41, 5.74) is 0.168. The van der Waals surface area contributed by atoms with E-state index in [-0.39, 0.29) is 31.3 Å². The first-order valence-electron chi connectivity index (χ1n) is 22.6. The van der Waals surface area contributed by atoms with E-state index in [0.29, 0.717) is 19.3 Å². The molecule has 12 heteroatoms. The predicted octanol–water partition coefficient (Wildman–Crippen LogP) is 11.3. The van der Waals surface area contributed by atoms with E-state index >= 15 is 0 Å². The largest absolute Gasteiger partial charge is 0.462 e. The summed E-state index contributed by atoms with van der Waals surface area (Å²) in [6.07, 6.45) is 26.1. The maximum absolute atomic E-state index is 12.8. The first-order valence-corrected chi connectivity index (χ1v) is 24.2. The van der Waals surface area contributed by atoms with Gasteiger partial charge in [0.2, 0.25) is 5.85 Å². The number of aliphatic hydroxyl groups is 1. The first-order chi connectivity index (χ1) is 26.7. The van der Waals surface area contributed by atoms with Gasteiger partial charge in [-0.05, 0) is 31.1 Å². The molecule has 11 nitrogen and oxygen atoms in total.